The monoisotopic (exact) mass is 355 g/mol. The van der Waals surface area contributed by atoms with E-state index in [0.29, 0.717) is 31.5 Å². The molecule has 0 bridgehead atoms. The zero-order valence-corrected chi connectivity index (χ0v) is 15.0. The first-order chi connectivity index (χ1) is 11.1. The fourth-order valence-corrected chi connectivity index (χ4v) is 2.73. The molecule has 0 atom stereocenters. The molecule has 134 valence electrons. The zero-order valence-electron chi connectivity index (χ0n) is 14.2. The van der Waals surface area contributed by atoms with Gasteiger partial charge < -0.3 is 20.7 Å². The standard InChI is InChI=1S/C17H25N3O3.ClH/c1-3-19-15(21)14-6-4-13(5-7-14)12-20-16(22)17(23-2)8-10-18-11-9-17;/h4-7,18H,3,8-12H2,1-2H3,(H,19,21)(H,20,22);1H. The molecular weight excluding hydrogens is 330 g/mol. The van der Waals surface area contributed by atoms with Gasteiger partial charge in [-0.25, -0.2) is 0 Å². The molecule has 1 aromatic rings. The number of carbonyl (C=O) groups excluding carboxylic acids is 2. The number of nitrogens with one attached hydrogen (secondary N) is 3. The summed E-state index contributed by atoms with van der Waals surface area (Å²) < 4.78 is 5.50. The van der Waals surface area contributed by atoms with Crippen molar-refractivity contribution in [3.8, 4) is 0 Å². The molecule has 2 rings (SSSR count). The SMILES string of the molecule is CCNC(=O)c1ccc(CNC(=O)C2(OC)CCNCC2)cc1.Cl. The molecule has 0 spiro atoms. The first-order valence-corrected chi connectivity index (χ1v) is 8.02. The fourth-order valence-electron chi connectivity index (χ4n) is 2.73. The van der Waals surface area contributed by atoms with Crippen molar-refractivity contribution in [1.29, 1.82) is 0 Å². The van der Waals surface area contributed by atoms with Crippen LogP contribution in [-0.2, 0) is 16.1 Å². The van der Waals surface area contributed by atoms with Crippen LogP contribution in [-0.4, -0.2) is 44.2 Å². The van der Waals surface area contributed by atoms with Gasteiger partial charge in [0.05, 0.1) is 0 Å². The number of carbonyl (C=O) groups is 2. The molecule has 1 aliphatic heterocycles. The number of benzene rings is 1. The van der Waals surface area contributed by atoms with Crippen molar-refractivity contribution >= 4 is 24.2 Å². The average Bonchev–Trinajstić information content (AvgIpc) is 2.60. The molecular formula is C17H26ClN3O3. The Bertz CT molecular complexity index is 543. The largest absolute Gasteiger partial charge is 0.368 e. The third kappa shape index (κ3) is 4.93. The highest BCUT2D eigenvalue weighted by atomic mass is 35.5. The van der Waals surface area contributed by atoms with E-state index < -0.39 is 5.60 Å². The van der Waals surface area contributed by atoms with Gasteiger partial charge >= 0.3 is 0 Å². The highest BCUT2D eigenvalue weighted by Crippen LogP contribution is 2.22. The van der Waals surface area contributed by atoms with E-state index in [1.54, 1.807) is 19.2 Å². The van der Waals surface area contributed by atoms with Crippen molar-refractivity contribution in [3.63, 3.8) is 0 Å². The summed E-state index contributed by atoms with van der Waals surface area (Å²) in [6.45, 7) is 4.47. The highest BCUT2D eigenvalue weighted by Gasteiger charge is 2.39. The van der Waals surface area contributed by atoms with E-state index in [2.05, 4.69) is 16.0 Å². The molecule has 1 aliphatic rings. The van der Waals surface area contributed by atoms with E-state index in [4.69, 9.17) is 4.74 Å². The lowest BCUT2D eigenvalue weighted by Gasteiger charge is -2.34. The Morgan fingerprint density at radius 2 is 1.79 bits per heavy atom. The van der Waals surface area contributed by atoms with Gasteiger partial charge in [0, 0.05) is 25.8 Å². The summed E-state index contributed by atoms with van der Waals surface area (Å²) in [5, 5.41) is 8.93. The molecule has 1 saturated heterocycles. The van der Waals surface area contributed by atoms with E-state index in [-0.39, 0.29) is 24.2 Å². The maximum Gasteiger partial charge on any atom is 0.252 e. The lowest BCUT2D eigenvalue weighted by Crippen LogP contribution is -2.53. The summed E-state index contributed by atoms with van der Waals surface area (Å²) in [6, 6.07) is 7.24. The number of amides is 2. The zero-order chi connectivity index (χ0) is 16.7. The van der Waals surface area contributed by atoms with Crippen molar-refractivity contribution in [2.24, 2.45) is 0 Å². The average molecular weight is 356 g/mol. The molecule has 1 fully saturated rings. The summed E-state index contributed by atoms with van der Waals surface area (Å²) in [5.74, 6) is -0.162. The molecule has 1 heterocycles. The molecule has 0 aliphatic carbocycles. The van der Waals surface area contributed by atoms with E-state index in [0.717, 1.165) is 18.7 Å². The van der Waals surface area contributed by atoms with Gasteiger partial charge in [0.1, 0.15) is 5.60 Å². The van der Waals surface area contributed by atoms with Crippen LogP contribution in [0, 0.1) is 0 Å². The van der Waals surface area contributed by atoms with Crippen LogP contribution in [0.15, 0.2) is 24.3 Å². The van der Waals surface area contributed by atoms with Gasteiger partial charge in [-0.05, 0) is 50.6 Å². The lowest BCUT2D eigenvalue weighted by atomic mass is 9.91. The summed E-state index contributed by atoms with van der Waals surface area (Å²) in [4.78, 5) is 24.2. The Balaban J connectivity index is 0.00000288. The van der Waals surface area contributed by atoms with Crippen LogP contribution >= 0.6 is 12.4 Å². The summed E-state index contributed by atoms with van der Waals surface area (Å²) in [7, 11) is 1.59. The molecule has 0 aromatic heterocycles. The fraction of sp³-hybridized carbons (Fsp3) is 0.529. The summed E-state index contributed by atoms with van der Waals surface area (Å²) in [5.41, 5.74) is 0.840. The maximum atomic E-state index is 12.5. The van der Waals surface area contributed by atoms with Crippen LogP contribution in [0.4, 0.5) is 0 Å². The minimum absolute atomic E-state index is 0. The van der Waals surface area contributed by atoms with Crippen LogP contribution < -0.4 is 16.0 Å². The van der Waals surface area contributed by atoms with Crippen molar-refractivity contribution < 1.29 is 14.3 Å². The van der Waals surface area contributed by atoms with Gasteiger partial charge in [-0.3, -0.25) is 9.59 Å². The van der Waals surface area contributed by atoms with Crippen LogP contribution in [0.2, 0.25) is 0 Å². The molecule has 7 heteroatoms. The number of methoxy groups -OCH3 is 1. The van der Waals surface area contributed by atoms with Crippen LogP contribution in [0.5, 0.6) is 0 Å². The Morgan fingerprint density at radius 3 is 2.33 bits per heavy atom. The van der Waals surface area contributed by atoms with E-state index >= 15 is 0 Å². The summed E-state index contributed by atoms with van der Waals surface area (Å²) in [6.07, 6.45) is 1.34. The third-order valence-electron chi connectivity index (χ3n) is 4.22. The second-order valence-corrected chi connectivity index (χ2v) is 5.69. The number of halogens is 1. The number of hydrogen-bond acceptors (Lipinski definition) is 4. The number of rotatable bonds is 6. The second-order valence-electron chi connectivity index (χ2n) is 5.69. The predicted molar refractivity (Wildman–Crippen MR) is 95.4 cm³/mol. The molecule has 24 heavy (non-hydrogen) atoms. The molecule has 0 unspecified atom stereocenters. The Morgan fingerprint density at radius 1 is 1.17 bits per heavy atom. The second kappa shape index (κ2) is 9.61. The van der Waals surface area contributed by atoms with Gasteiger partial charge in [0.25, 0.3) is 11.8 Å². The molecule has 0 saturated carbocycles. The number of piperidine rings is 1. The predicted octanol–water partition coefficient (Wildman–Crippen LogP) is 1.24. The van der Waals surface area contributed by atoms with Crippen LogP contribution in [0.1, 0.15) is 35.7 Å². The van der Waals surface area contributed by atoms with E-state index in [1.165, 1.54) is 0 Å². The normalized spacial score (nSPS) is 15.9. The third-order valence-corrected chi connectivity index (χ3v) is 4.22. The molecule has 1 aromatic carbocycles. The topological polar surface area (TPSA) is 79.5 Å². The van der Waals surface area contributed by atoms with Crippen molar-refractivity contribution in [2.45, 2.75) is 31.9 Å². The molecule has 2 amide bonds. The lowest BCUT2D eigenvalue weighted by molar-refractivity contribution is -0.146. The first kappa shape index (κ1) is 20.4. The number of hydrogen-bond donors (Lipinski definition) is 3. The Kier molecular flexibility index (Phi) is 8.18. The number of ether oxygens (including phenoxy) is 1. The van der Waals surface area contributed by atoms with Gasteiger partial charge in [-0.2, -0.15) is 0 Å². The minimum atomic E-state index is -0.730. The molecule has 6 nitrogen and oxygen atoms in total. The van der Waals surface area contributed by atoms with Crippen molar-refractivity contribution in [3.05, 3.63) is 35.4 Å². The maximum absolute atomic E-state index is 12.5. The van der Waals surface area contributed by atoms with Gasteiger partial charge in [0.15, 0.2) is 0 Å². The Hall–Kier alpha value is -1.63. The van der Waals surface area contributed by atoms with Crippen LogP contribution in [0.25, 0.3) is 0 Å². The minimum Gasteiger partial charge on any atom is -0.368 e. The quantitative estimate of drug-likeness (QED) is 0.717. The van der Waals surface area contributed by atoms with Crippen molar-refractivity contribution in [1.82, 2.24) is 16.0 Å². The van der Waals surface area contributed by atoms with E-state index in [1.807, 2.05) is 19.1 Å². The van der Waals surface area contributed by atoms with E-state index in [9.17, 15) is 9.59 Å². The molecule has 0 radical (unpaired) electrons. The highest BCUT2D eigenvalue weighted by molar-refractivity contribution is 5.94. The van der Waals surface area contributed by atoms with Gasteiger partial charge in [-0.15, -0.1) is 12.4 Å². The first-order valence-electron chi connectivity index (χ1n) is 8.02. The Labute approximate surface area is 149 Å². The van der Waals surface area contributed by atoms with Crippen molar-refractivity contribution in [2.75, 3.05) is 26.7 Å². The summed E-state index contributed by atoms with van der Waals surface area (Å²) >= 11 is 0. The molecule has 3 N–H and O–H groups in total. The van der Waals surface area contributed by atoms with Gasteiger partial charge in [0.2, 0.25) is 0 Å². The van der Waals surface area contributed by atoms with Gasteiger partial charge in [-0.1, -0.05) is 12.1 Å². The smallest absolute Gasteiger partial charge is 0.252 e. The van der Waals surface area contributed by atoms with Crippen LogP contribution in [0.3, 0.4) is 0 Å².